The molecular formula is C14H23N3O3. The maximum absolute atomic E-state index is 12.3. The second kappa shape index (κ2) is 6.98. The van der Waals surface area contributed by atoms with Gasteiger partial charge in [0, 0.05) is 58.6 Å². The first-order valence-corrected chi connectivity index (χ1v) is 6.70. The van der Waals surface area contributed by atoms with Gasteiger partial charge in [0.15, 0.2) is 0 Å². The summed E-state index contributed by atoms with van der Waals surface area (Å²) in [6.45, 7) is 5.20. The van der Waals surface area contributed by atoms with Crippen molar-refractivity contribution in [2.45, 2.75) is 20.3 Å². The van der Waals surface area contributed by atoms with Gasteiger partial charge in [0.2, 0.25) is 0 Å². The number of ether oxygens (including phenoxy) is 1. The Bertz CT molecular complexity index is 437. The molecule has 0 aliphatic carbocycles. The van der Waals surface area contributed by atoms with Gasteiger partial charge in [-0.15, -0.1) is 0 Å². The number of allylic oxidation sites excluding steroid dienone is 1. The number of carbonyl (C=O) groups is 2. The standard InChI is InChI=1S/C14H23N3O3/c1-6-17(7-2)13(18)11-8-12(10-16(5)9-11)20-14(19)15(3)4/h9-10H,6-8H2,1-5H3. The lowest BCUT2D eigenvalue weighted by atomic mass is 10.1. The van der Waals surface area contributed by atoms with Gasteiger partial charge in [-0.25, -0.2) is 4.79 Å². The van der Waals surface area contributed by atoms with E-state index in [9.17, 15) is 9.59 Å². The molecule has 0 aromatic heterocycles. The van der Waals surface area contributed by atoms with Crippen LogP contribution in [0.4, 0.5) is 4.79 Å². The van der Waals surface area contributed by atoms with E-state index in [1.807, 2.05) is 13.8 Å². The van der Waals surface area contributed by atoms with E-state index in [4.69, 9.17) is 4.74 Å². The molecule has 0 saturated heterocycles. The molecule has 0 N–H and O–H groups in total. The molecule has 1 aliphatic rings. The van der Waals surface area contributed by atoms with Crippen molar-refractivity contribution >= 4 is 12.0 Å². The van der Waals surface area contributed by atoms with E-state index >= 15 is 0 Å². The van der Waals surface area contributed by atoms with Crippen molar-refractivity contribution in [1.29, 1.82) is 0 Å². The summed E-state index contributed by atoms with van der Waals surface area (Å²) in [6, 6.07) is 0. The third-order valence-corrected chi connectivity index (χ3v) is 2.98. The predicted octanol–water partition coefficient (Wildman–Crippen LogP) is 1.61. The van der Waals surface area contributed by atoms with E-state index in [-0.39, 0.29) is 5.91 Å². The summed E-state index contributed by atoms with van der Waals surface area (Å²) in [5, 5.41) is 0. The molecule has 0 saturated carbocycles. The zero-order valence-corrected chi connectivity index (χ0v) is 12.8. The normalized spacial score (nSPS) is 14.3. The second-order valence-corrected chi connectivity index (χ2v) is 4.83. The molecule has 0 atom stereocenters. The monoisotopic (exact) mass is 281 g/mol. The molecule has 6 nitrogen and oxygen atoms in total. The summed E-state index contributed by atoms with van der Waals surface area (Å²) in [4.78, 5) is 28.7. The highest BCUT2D eigenvalue weighted by Crippen LogP contribution is 2.21. The van der Waals surface area contributed by atoms with Crippen molar-refractivity contribution in [2.75, 3.05) is 34.2 Å². The third kappa shape index (κ3) is 4.01. The fourth-order valence-corrected chi connectivity index (χ4v) is 1.90. The number of nitrogens with zero attached hydrogens (tertiary/aromatic N) is 3. The van der Waals surface area contributed by atoms with Gasteiger partial charge in [-0.3, -0.25) is 4.79 Å². The van der Waals surface area contributed by atoms with E-state index in [1.54, 1.807) is 43.3 Å². The summed E-state index contributed by atoms with van der Waals surface area (Å²) in [6.07, 6.45) is 3.37. The van der Waals surface area contributed by atoms with Crippen LogP contribution in [0.15, 0.2) is 23.7 Å². The smallest absolute Gasteiger partial charge is 0.413 e. The van der Waals surface area contributed by atoms with Crippen molar-refractivity contribution in [1.82, 2.24) is 14.7 Å². The van der Waals surface area contributed by atoms with Crippen molar-refractivity contribution in [2.24, 2.45) is 0 Å². The van der Waals surface area contributed by atoms with Crippen LogP contribution in [0.1, 0.15) is 20.3 Å². The Labute approximate surface area is 120 Å². The van der Waals surface area contributed by atoms with Crippen LogP contribution < -0.4 is 0 Å². The van der Waals surface area contributed by atoms with E-state index < -0.39 is 6.09 Å². The Morgan fingerprint density at radius 1 is 1.25 bits per heavy atom. The molecule has 0 aromatic carbocycles. The van der Waals surface area contributed by atoms with Crippen LogP contribution in [-0.2, 0) is 9.53 Å². The fraction of sp³-hybridized carbons (Fsp3) is 0.571. The van der Waals surface area contributed by atoms with Crippen molar-refractivity contribution in [3.05, 3.63) is 23.7 Å². The van der Waals surface area contributed by atoms with Crippen LogP contribution in [0, 0.1) is 0 Å². The number of amides is 2. The van der Waals surface area contributed by atoms with E-state index in [1.165, 1.54) is 4.90 Å². The van der Waals surface area contributed by atoms with Gasteiger partial charge < -0.3 is 19.4 Å². The topological polar surface area (TPSA) is 53.1 Å². The highest BCUT2D eigenvalue weighted by molar-refractivity contribution is 5.94. The summed E-state index contributed by atoms with van der Waals surface area (Å²) in [5.41, 5.74) is 0.625. The Kier molecular flexibility index (Phi) is 5.61. The first-order chi connectivity index (χ1) is 9.38. The van der Waals surface area contributed by atoms with Crippen LogP contribution in [0.2, 0.25) is 0 Å². The molecule has 0 spiro atoms. The molecule has 1 aliphatic heterocycles. The summed E-state index contributed by atoms with van der Waals surface area (Å²) >= 11 is 0. The van der Waals surface area contributed by atoms with Gasteiger partial charge in [0.05, 0.1) is 0 Å². The molecule has 0 fully saturated rings. The number of hydrogen-bond donors (Lipinski definition) is 0. The minimum absolute atomic E-state index is 0.0200. The van der Waals surface area contributed by atoms with E-state index in [0.29, 0.717) is 30.8 Å². The molecule has 1 heterocycles. The van der Waals surface area contributed by atoms with Crippen LogP contribution in [0.25, 0.3) is 0 Å². The quantitative estimate of drug-likeness (QED) is 0.785. The predicted molar refractivity (Wildman–Crippen MR) is 76.6 cm³/mol. The van der Waals surface area contributed by atoms with Gasteiger partial charge in [-0.2, -0.15) is 0 Å². The maximum atomic E-state index is 12.3. The fourth-order valence-electron chi connectivity index (χ4n) is 1.90. The summed E-state index contributed by atoms with van der Waals surface area (Å²) in [7, 11) is 5.04. The first-order valence-electron chi connectivity index (χ1n) is 6.70. The average Bonchev–Trinajstić information content (AvgIpc) is 2.39. The summed E-state index contributed by atoms with van der Waals surface area (Å²) < 4.78 is 5.25. The van der Waals surface area contributed by atoms with Crippen molar-refractivity contribution < 1.29 is 14.3 Å². The van der Waals surface area contributed by atoms with Gasteiger partial charge in [0.1, 0.15) is 5.76 Å². The van der Waals surface area contributed by atoms with Crippen molar-refractivity contribution in [3.63, 3.8) is 0 Å². The van der Waals surface area contributed by atoms with E-state index in [2.05, 4.69) is 0 Å². The molecule has 6 heteroatoms. The number of hydrogen-bond acceptors (Lipinski definition) is 4. The highest BCUT2D eigenvalue weighted by atomic mass is 16.6. The lowest BCUT2D eigenvalue weighted by Crippen LogP contribution is -2.33. The number of carbonyl (C=O) groups excluding carboxylic acids is 2. The molecular weight excluding hydrogens is 258 g/mol. The van der Waals surface area contributed by atoms with Gasteiger partial charge in [-0.1, -0.05) is 0 Å². The molecule has 0 unspecified atom stereocenters. The molecule has 1 rings (SSSR count). The molecule has 112 valence electrons. The molecule has 2 amide bonds. The zero-order valence-electron chi connectivity index (χ0n) is 12.8. The minimum Gasteiger partial charge on any atom is -0.413 e. The summed E-state index contributed by atoms with van der Waals surface area (Å²) in [5.74, 6) is 0.456. The van der Waals surface area contributed by atoms with Gasteiger partial charge in [0.25, 0.3) is 5.91 Å². The highest BCUT2D eigenvalue weighted by Gasteiger charge is 2.22. The lowest BCUT2D eigenvalue weighted by molar-refractivity contribution is -0.127. The minimum atomic E-state index is -0.443. The largest absolute Gasteiger partial charge is 0.414 e. The third-order valence-electron chi connectivity index (χ3n) is 2.98. The first kappa shape index (κ1) is 16.1. The van der Waals surface area contributed by atoms with E-state index in [0.717, 1.165) is 0 Å². The number of likely N-dealkylation sites (N-methyl/N-ethyl adjacent to an activating group) is 1. The Balaban J connectivity index is 2.78. The van der Waals surface area contributed by atoms with Crippen LogP contribution in [0.3, 0.4) is 0 Å². The van der Waals surface area contributed by atoms with Crippen LogP contribution >= 0.6 is 0 Å². The molecule has 20 heavy (non-hydrogen) atoms. The Hall–Kier alpha value is -1.98. The SMILES string of the molecule is CCN(CC)C(=O)C1=CN(C)C=C(OC(=O)N(C)C)C1. The molecule has 0 aromatic rings. The van der Waals surface area contributed by atoms with Crippen molar-refractivity contribution in [3.8, 4) is 0 Å². The second-order valence-electron chi connectivity index (χ2n) is 4.83. The zero-order chi connectivity index (χ0) is 15.3. The maximum Gasteiger partial charge on any atom is 0.414 e. The average molecular weight is 281 g/mol. The van der Waals surface area contributed by atoms with Gasteiger partial charge >= 0.3 is 6.09 Å². The van der Waals surface area contributed by atoms with Crippen LogP contribution in [-0.4, -0.2) is 60.9 Å². The Morgan fingerprint density at radius 3 is 2.35 bits per heavy atom. The van der Waals surface area contributed by atoms with Crippen LogP contribution in [0.5, 0.6) is 0 Å². The Morgan fingerprint density at radius 2 is 1.85 bits per heavy atom. The molecule has 0 radical (unpaired) electrons. The number of rotatable bonds is 4. The molecule has 0 bridgehead atoms. The van der Waals surface area contributed by atoms with Gasteiger partial charge in [-0.05, 0) is 13.8 Å². The lowest BCUT2D eigenvalue weighted by Gasteiger charge is -2.25.